The number of rotatable bonds is 29. The third-order valence-electron chi connectivity index (χ3n) is 14.2. The maximum absolute atomic E-state index is 15.4. The molecular weight excluding hydrogens is 1100 g/mol. The molecule has 0 saturated carbocycles. The van der Waals surface area contributed by atoms with Crippen LogP contribution in [0.25, 0.3) is 0 Å². The zero-order chi connectivity index (χ0) is 58.9. The van der Waals surface area contributed by atoms with Crippen LogP contribution < -0.4 is 32.9 Å². The highest BCUT2D eigenvalue weighted by Crippen LogP contribution is 2.31. The molecule has 5 aromatic carbocycles. The Hall–Kier alpha value is -5.48. The summed E-state index contributed by atoms with van der Waals surface area (Å²) in [6, 6.07) is 9.01. The fraction of sp³-hybridized carbons (Fsp3) is 0.474. The first-order valence-electron chi connectivity index (χ1n) is 26.5. The molecule has 0 atom stereocenters. The van der Waals surface area contributed by atoms with Gasteiger partial charge in [-0.15, -0.1) is 21.9 Å². The Balaban J connectivity index is 0.000000433. The smallest absolute Gasteiger partial charge is 0.200 e. The van der Waals surface area contributed by atoms with Crippen LogP contribution in [0, 0.1) is 123 Å². The summed E-state index contributed by atoms with van der Waals surface area (Å²) in [5, 5.41) is 0. The number of aryl methyl sites for hydroxylation is 1. The van der Waals surface area contributed by atoms with Crippen LogP contribution in [0.4, 0.5) is 93.5 Å². The van der Waals surface area contributed by atoms with Gasteiger partial charge in [0, 0.05) is 18.8 Å². The molecule has 446 valence electrons. The number of anilines is 1. The molecule has 0 aromatic heterocycles. The first-order valence-corrected chi connectivity index (χ1v) is 26.5. The van der Waals surface area contributed by atoms with Crippen molar-refractivity contribution in [2.24, 2.45) is 0 Å². The van der Waals surface area contributed by atoms with Gasteiger partial charge in [0.2, 0.25) is 0 Å². The molecule has 2 nitrogen and oxygen atoms in total. The normalized spacial score (nSPS) is 11.5. The zero-order valence-corrected chi connectivity index (χ0v) is 44.9. The zero-order valence-electron chi connectivity index (χ0n) is 44.9. The van der Waals surface area contributed by atoms with E-state index >= 15 is 35.1 Å². The first kappa shape index (κ1) is 68.8. The monoisotopic (exact) mass is 1170 g/mol. The van der Waals surface area contributed by atoms with Crippen LogP contribution in [0.5, 0.6) is 0 Å². The van der Waals surface area contributed by atoms with E-state index in [2.05, 4.69) is 49.9 Å². The number of unbranched alkanes of at least 4 members (excludes halogenated alkanes) is 20. The van der Waals surface area contributed by atoms with Gasteiger partial charge in [0.25, 0.3) is 0 Å². The van der Waals surface area contributed by atoms with E-state index in [1.54, 1.807) is 0 Å². The molecule has 0 amide bonds. The fourth-order valence-corrected chi connectivity index (χ4v) is 10.1. The highest BCUT2D eigenvalue weighted by Gasteiger charge is 2.52. The number of quaternary nitrogens is 1. The van der Waals surface area contributed by atoms with Gasteiger partial charge in [0.05, 0.1) is 0 Å². The average molecular weight is 1170 g/mol. The van der Waals surface area contributed by atoms with Gasteiger partial charge in [-0.2, -0.15) is 0 Å². The van der Waals surface area contributed by atoms with E-state index in [9.17, 15) is 52.7 Å². The Kier molecular flexibility index (Phi) is 27.7. The maximum Gasteiger partial charge on any atom is 0.200 e. The minimum atomic E-state index is -7.22. The lowest BCUT2D eigenvalue weighted by atomic mass is 9.12. The molecular formula is C57H65BF20N2. The topological polar surface area (TPSA) is 39.7 Å². The Bertz CT molecular complexity index is 2450. The standard InChI is InChI=1S/C33H61N.C24BF20.H3N/c1-4-6-8-10-12-14-15-16-17-18-19-21-23-27-31-34(33-29-25-24-28-32(33)3)30-26-22-20-13-11-9-7-5-2;26-5-1(6(27)14(35)21(42)13(5)34)25(2-7(28)15(36)22(43)16(37)8(2)29,3-9(30)17(38)23(44)18(39)10(3)31)4-11(32)19(40)24(45)20(41)12(4)33;/h24-25,28-29H,4-23,26-27,30-31H2,1-3H3;;1H3/q;-1;/p+1. The van der Waals surface area contributed by atoms with Gasteiger partial charge < -0.3 is 11.1 Å². The summed E-state index contributed by atoms with van der Waals surface area (Å²) in [6.45, 7) is 9.36. The van der Waals surface area contributed by atoms with Gasteiger partial charge >= 0.3 is 0 Å². The third kappa shape index (κ3) is 15.3. The van der Waals surface area contributed by atoms with E-state index in [-0.39, 0.29) is 6.15 Å². The van der Waals surface area contributed by atoms with Crippen molar-refractivity contribution in [1.82, 2.24) is 6.15 Å². The van der Waals surface area contributed by atoms with Crippen molar-refractivity contribution in [1.29, 1.82) is 0 Å². The minimum Gasteiger partial charge on any atom is -0.371 e. The van der Waals surface area contributed by atoms with E-state index < -0.39 is 144 Å². The number of halogens is 20. The Labute approximate surface area is 452 Å². The molecule has 0 unspecified atom stereocenters. The quantitative estimate of drug-likeness (QED) is 0.0167. The van der Waals surface area contributed by atoms with Gasteiger partial charge in [-0.3, -0.25) is 0 Å². The molecule has 0 aliphatic rings. The Morgan fingerprint density at radius 1 is 0.275 bits per heavy atom. The Morgan fingerprint density at radius 3 is 0.675 bits per heavy atom. The van der Waals surface area contributed by atoms with Crippen LogP contribution in [0.15, 0.2) is 24.3 Å². The molecule has 0 radical (unpaired) electrons. The van der Waals surface area contributed by atoms with E-state index in [0.717, 1.165) is 0 Å². The van der Waals surface area contributed by atoms with Crippen molar-refractivity contribution in [3.8, 4) is 0 Å². The number of hydrogen-bond acceptors (Lipinski definition) is 1. The van der Waals surface area contributed by atoms with E-state index in [1.807, 2.05) is 0 Å². The van der Waals surface area contributed by atoms with E-state index in [0.29, 0.717) is 0 Å². The lowest BCUT2D eigenvalue weighted by molar-refractivity contribution is 0.378. The van der Waals surface area contributed by atoms with Gasteiger partial charge in [-0.25, -0.2) is 87.8 Å². The SMILES string of the molecule is CCCCCCCCCCCCCCCCN(CCCCCCCCCC)c1ccccc1C.Fc1c(F)c(F)c([B-](c2c(F)c(F)c(F)c(F)c2F)(c2c(F)c(F)c(F)c(F)c2F)c2c(F)c(F)c(F)c(F)c2F)c(F)c1F.[NH4+]. The lowest BCUT2D eigenvalue weighted by Crippen LogP contribution is -2.81. The molecule has 0 bridgehead atoms. The van der Waals surface area contributed by atoms with Crippen LogP contribution >= 0.6 is 0 Å². The van der Waals surface area contributed by atoms with Gasteiger partial charge in [0.1, 0.15) is 52.7 Å². The van der Waals surface area contributed by atoms with Crippen LogP contribution in [-0.4, -0.2) is 19.2 Å². The predicted octanol–water partition coefficient (Wildman–Crippen LogP) is 17.6. The summed E-state index contributed by atoms with van der Waals surface area (Å²) in [6.07, 6.45) is 24.1. The molecule has 23 heteroatoms. The summed E-state index contributed by atoms with van der Waals surface area (Å²) in [4.78, 5) is 2.69. The largest absolute Gasteiger partial charge is 0.371 e. The summed E-state index contributed by atoms with van der Waals surface area (Å²) < 4.78 is 294. The highest BCUT2D eigenvalue weighted by atomic mass is 19.2. The fourth-order valence-electron chi connectivity index (χ4n) is 10.1. The average Bonchev–Trinajstić information content (AvgIpc) is 3.44. The van der Waals surface area contributed by atoms with Crippen LogP contribution in [0.3, 0.4) is 0 Å². The number of hydrogen-bond donors (Lipinski definition) is 1. The molecule has 0 fully saturated rings. The van der Waals surface area contributed by atoms with Crippen molar-refractivity contribution in [3.63, 3.8) is 0 Å². The molecule has 5 aromatic rings. The summed E-state index contributed by atoms with van der Waals surface area (Å²) >= 11 is 0. The molecule has 0 aliphatic heterocycles. The lowest BCUT2D eigenvalue weighted by Gasteiger charge is -2.44. The van der Waals surface area contributed by atoms with Crippen LogP contribution in [0.2, 0.25) is 0 Å². The molecule has 0 aliphatic carbocycles. The summed E-state index contributed by atoms with van der Waals surface area (Å²) in [5.74, 6) is -71.4. The molecule has 5 rings (SSSR count). The van der Waals surface area contributed by atoms with Gasteiger partial charge in [-0.05, 0) is 31.4 Å². The molecule has 0 heterocycles. The van der Waals surface area contributed by atoms with E-state index in [1.165, 1.54) is 166 Å². The second-order valence-electron chi connectivity index (χ2n) is 19.6. The maximum atomic E-state index is 15.4. The minimum absolute atomic E-state index is 0. The van der Waals surface area contributed by atoms with Crippen molar-refractivity contribution in [3.05, 3.63) is 146 Å². The summed E-state index contributed by atoms with van der Waals surface area (Å²) in [5.41, 5.74) is -11.4. The molecule has 80 heavy (non-hydrogen) atoms. The number of para-hydroxylation sites is 1. The second kappa shape index (κ2) is 32.2. The number of benzene rings is 5. The van der Waals surface area contributed by atoms with Gasteiger partial charge in [0.15, 0.2) is 69.8 Å². The van der Waals surface area contributed by atoms with Crippen molar-refractivity contribution in [2.45, 2.75) is 162 Å². The second-order valence-corrected chi connectivity index (χ2v) is 19.6. The highest BCUT2D eigenvalue weighted by molar-refractivity contribution is 7.20. The predicted molar refractivity (Wildman–Crippen MR) is 272 cm³/mol. The van der Waals surface area contributed by atoms with Crippen LogP contribution in [-0.2, 0) is 0 Å². The van der Waals surface area contributed by atoms with E-state index in [4.69, 9.17) is 0 Å². The van der Waals surface area contributed by atoms with Crippen molar-refractivity contribution in [2.75, 3.05) is 18.0 Å². The first-order chi connectivity index (χ1) is 37.5. The third-order valence-corrected chi connectivity index (χ3v) is 14.2. The molecule has 0 saturated heterocycles. The van der Waals surface area contributed by atoms with Crippen molar-refractivity contribution >= 4 is 33.7 Å². The summed E-state index contributed by atoms with van der Waals surface area (Å²) in [7, 11) is 0. The number of nitrogens with zero attached hydrogens (tertiary/aromatic N) is 1. The van der Waals surface area contributed by atoms with Gasteiger partial charge in [-0.1, -0.05) is 160 Å². The molecule has 0 spiro atoms. The van der Waals surface area contributed by atoms with Crippen LogP contribution in [0.1, 0.15) is 161 Å². The van der Waals surface area contributed by atoms with Crippen molar-refractivity contribution < 1.29 is 87.8 Å². The Morgan fingerprint density at radius 2 is 0.463 bits per heavy atom. The molecule has 4 N–H and O–H groups in total.